The van der Waals surface area contributed by atoms with E-state index >= 15 is 0 Å². The quantitative estimate of drug-likeness (QED) is 0.388. The number of benzene rings is 1. The summed E-state index contributed by atoms with van der Waals surface area (Å²) in [5.74, 6) is 0.603. The minimum atomic E-state index is -3.34. The molecule has 0 unspecified atom stereocenters. The average Bonchev–Trinajstić information content (AvgIpc) is 2.62. The molecule has 27 heavy (non-hydrogen) atoms. The van der Waals surface area contributed by atoms with Gasteiger partial charge in [-0.2, -0.15) is 0 Å². The van der Waals surface area contributed by atoms with Crippen LogP contribution in [0.15, 0.2) is 35.3 Å². The first-order valence-electron chi connectivity index (χ1n) is 9.46. The van der Waals surface area contributed by atoms with Crippen molar-refractivity contribution in [2.45, 2.75) is 46.3 Å². The topological polar surface area (TPSA) is 85.8 Å². The Morgan fingerprint density at radius 2 is 1.63 bits per heavy atom. The number of hydrogen-bond acceptors (Lipinski definition) is 4. The maximum atomic E-state index is 12.1. The number of nitrogens with one attached hydrogen (secondary N) is 3. The lowest BCUT2D eigenvalue weighted by Crippen LogP contribution is -2.46. The predicted molar refractivity (Wildman–Crippen MR) is 113 cm³/mol. The lowest BCUT2D eigenvalue weighted by atomic mass is 10.2. The number of sulfonamides is 1. The van der Waals surface area contributed by atoms with Gasteiger partial charge in [-0.05, 0) is 33.3 Å². The Bertz CT molecular complexity index is 652. The Labute approximate surface area is 164 Å². The van der Waals surface area contributed by atoms with Crippen LogP contribution in [0.25, 0.3) is 0 Å². The van der Waals surface area contributed by atoms with Gasteiger partial charge in [-0.25, -0.2) is 13.1 Å². The normalized spacial score (nSPS) is 12.8. The van der Waals surface area contributed by atoms with Crippen molar-refractivity contribution in [1.29, 1.82) is 0 Å². The van der Waals surface area contributed by atoms with Crippen molar-refractivity contribution in [1.82, 2.24) is 20.3 Å². The predicted octanol–water partition coefficient (Wildman–Crippen LogP) is 1.39. The molecule has 0 radical (unpaired) electrons. The van der Waals surface area contributed by atoms with Gasteiger partial charge in [0.15, 0.2) is 5.96 Å². The molecule has 8 heteroatoms. The Balaban J connectivity index is 2.33. The van der Waals surface area contributed by atoms with E-state index in [0.29, 0.717) is 31.1 Å². The molecule has 0 aliphatic heterocycles. The zero-order chi connectivity index (χ0) is 20.3. The summed E-state index contributed by atoms with van der Waals surface area (Å²) < 4.78 is 26.8. The van der Waals surface area contributed by atoms with Gasteiger partial charge in [0.05, 0.1) is 5.75 Å². The van der Waals surface area contributed by atoms with Gasteiger partial charge in [-0.3, -0.25) is 9.89 Å². The molecule has 7 nitrogen and oxygen atoms in total. The molecule has 3 N–H and O–H groups in total. The van der Waals surface area contributed by atoms with Gasteiger partial charge in [0.1, 0.15) is 0 Å². The second-order valence-corrected chi connectivity index (χ2v) is 8.90. The molecule has 0 saturated heterocycles. The molecule has 1 aromatic carbocycles. The van der Waals surface area contributed by atoms with Gasteiger partial charge in [-0.15, -0.1) is 0 Å². The highest BCUT2D eigenvalue weighted by molar-refractivity contribution is 7.89. The third-order valence-electron chi connectivity index (χ3n) is 4.21. The van der Waals surface area contributed by atoms with Crippen LogP contribution in [-0.2, 0) is 16.6 Å². The van der Waals surface area contributed by atoms with E-state index in [0.717, 1.165) is 18.7 Å². The van der Waals surface area contributed by atoms with E-state index in [1.54, 1.807) is 7.05 Å². The molecule has 0 bridgehead atoms. The molecule has 0 aliphatic carbocycles. The average molecular weight is 398 g/mol. The van der Waals surface area contributed by atoms with Gasteiger partial charge < -0.3 is 10.6 Å². The van der Waals surface area contributed by atoms with E-state index in [4.69, 9.17) is 0 Å². The summed E-state index contributed by atoms with van der Waals surface area (Å²) in [6.45, 7) is 11.0. The highest BCUT2D eigenvalue weighted by Gasteiger charge is 2.13. The Morgan fingerprint density at radius 3 is 2.19 bits per heavy atom. The monoisotopic (exact) mass is 397 g/mol. The summed E-state index contributed by atoms with van der Waals surface area (Å²) in [6.07, 6.45) is 0. The molecule has 0 atom stereocenters. The summed E-state index contributed by atoms with van der Waals surface area (Å²) in [4.78, 5) is 6.54. The molecule has 0 spiro atoms. The van der Waals surface area contributed by atoms with Crippen molar-refractivity contribution in [3.63, 3.8) is 0 Å². The maximum absolute atomic E-state index is 12.1. The SMILES string of the molecule is CN=C(NCCN(C(C)C)C(C)C)NCCS(=O)(=O)NCc1ccccc1. The minimum Gasteiger partial charge on any atom is -0.355 e. The van der Waals surface area contributed by atoms with Crippen LogP contribution in [0.1, 0.15) is 33.3 Å². The van der Waals surface area contributed by atoms with Crippen molar-refractivity contribution in [2.75, 3.05) is 32.4 Å². The zero-order valence-electron chi connectivity index (χ0n) is 17.2. The molecular weight excluding hydrogens is 362 g/mol. The third kappa shape index (κ3) is 9.74. The van der Waals surface area contributed by atoms with Crippen LogP contribution < -0.4 is 15.4 Å². The number of hydrogen-bond donors (Lipinski definition) is 3. The second-order valence-electron chi connectivity index (χ2n) is 6.98. The number of nitrogens with zero attached hydrogens (tertiary/aromatic N) is 2. The number of guanidine groups is 1. The fourth-order valence-corrected chi connectivity index (χ4v) is 3.70. The van der Waals surface area contributed by atoms with Crippen LogP contribution in [0.4, 0.5) is 0 Å². The smallest absolute Gasteiger partial charge is 0.213 e. The zero-order valence-corrected chi connectivity index (χ0v) is 18.0. The first-order chi connectivity index (χ1) is 12.7. The molecule has 0 saturated carbocycles. The van der Waals surface area contributed by atoms with Crippen molar-refractivity contribution < 1.29 is 8.42 Å². The van der Waals surface area contributed by atoms with E-state index in [-0.39, 0.29) is 5.75 Å². The van der Waals surface area contributed by atoms with E-state index in [9.17, 15) is 8.42 Å². The summed E-state index contributed by atoms with van der Waals surface area (Å²) in [5, 5.41) is 6.29. The summed E-state index contributed by atoms with van der Waals surface area (Å²) >= 11 is 0. The molecule has 0 aromatic heterocycles. The third-order valence-corrected chi connectivity index (χ3v) is 5.54. The standard InChI is InChI=1S/C19H35N5O2S/c1-16(2)24(17(3)4)13-11-21-19(20-5)22-12-14-27(25,26)23-15-18-9-7-6-8-10-18/h6-10,16-17,23H,11-15H2,1-5H3,(H2,20,21,22). The largest absolute Gasteiger partial charge is 0.355 e. The molecule has 1 aromatic rings. The van der Waals surface area contributed by atoms with Crippen LogP contribution in [0.3, 0.4) is 0 Å². The lowest BCUT2D eigenvalue weighted by Gasteiger charge is -2.30. The fraction of sp³-hybridized carbons (Fsp3) is 0.632. The Hall–Kier alpha value is -1.64. The molecular formula is C19H35N5O2S. The highest BCUT2D eigenvalue weighted by atomic mass is 32.2. The van der Waals surface area contributed by atoms with Gasteiger partial charge >= 0.3 is 0 Å². The fourth-order valence-electron chi connectivity index (χ4n) is 2.80. The van der Waals surface area contributed by atoms with Crippen molar-refractivity contribution in [3.05, 3.63) is 35.9 Å². The number of aliphatic imine (C=N–C) groups is 1. The summed E-state index contributed by atoms with van der Waals surface area (Å²) in [7, 11) is -1.66. The summed E-state index contributed by atoms with van der Waals surface area (Å²) in [6, 6.07) is 10.4. The van der Waals surface area contributed by atoms with Gasteiger partial charge in [0.2, 0.25) is 10.0 Å². The molecule has 0 heterocycles. The van der Waals surface area contributed by atoms with E-state index in [2.05, 4.69) is 52.9 Å². The van der Waals surface area contributed by atoms with Crippen molar-refractivity contribution in [3.8, 4) is 0 Å². The molecule has 154 valence electrons. The van der Waals surface area contributed by atoms with E-state index in [1.807, 2.05) is 30.3 Å². The summed E-state index contributed by atoms with van der Waals surface area (Å²) in [5.41, 5.74) is 0.936. The van der Waals surface area contributed by atoms with E-state index in [1.165, 1.54) is 0 Å². The number of rotatable bonds is 11. The Kier molecular flexibility index (Phi) is 10.4. The van der Waals surface area contributed by atoms with Crippen LogP contribution in [0, 0.1) is 0 Å². The minimum absolute atomic E-state index is 0.00928. The van der Waals surface area contributed by atoms with Gasteiger partial charge in [-0.1, -0.05) is 30.3 Å². The lowest BCUT2D eigenvalue weighted by molar-refractivity contribution is 0.178. The van der Waals surface area contributed by atoms with E-state index < -0.39 is 10.0 Å². The maximum Gasteiger partial charge on any atom is 0.213 e. The molecule has 0 aliphatic rings. The molecule has 1 rings (SSSR count). The van der Waals surface area contributed by atoms with Gasteiger partial charge in [0, 0.05) is 45.3 Å². The second kappa shape index (κ2) is 11.9. The van der Waals surface area contributed by atoms with Gasteiger partial charge in [0.25, 0.3) is 0 Å². The first-order valence-corrected chi connectivity index (χ1v) is 11.1. The van der Waals surface area contributed by atoms with Crippen molar-refractivity contribution in [2.24, 2.45) is 4.99 Å². The Morgan fingerprint density at radius 1 is 1.04 bits per heavy atom. The van der Waals surface area contributed by atoms with Crippen LogP contribution in [0.5, 0.6) is 0 Å². The van der Waals surface area contributed by atoms with Crippen LogP contribution in [0.2, 0.25) is 0 Å². The van der Waals surface area contributed by atoms with Crippen LogP contribution >= 0.6 is 0 Å². The van der Waals surface area contributed by atoms with Crippen LogP contribution in [-0.4, -0.2) is 63.8 Å². The highest BCUT2D eigenvalue weighted by Crippen LogP contribution is 2.03. The first kappa shape index (κ1) is 23.4. The molecule has 0 amide bonds. The van der Waals surface area contributed by atoms with Crippen molar-refractivity contribution >= 4 is 16.0 Å². The molecule has 0 fully saturated rings.